The van der Waals surface area contributed by atoms with Crippen molar-refractivity contribution in [2.24, 2.45) is 4.99 Å². The van der Waals surface area contributed by atoms with Crippen LogP contribution in [0.25, 0.3) is 27.9 Å². The fourth-order valence-corrected chi connectivity index (χ4v) is 4.49. The van der Waals surface area contributed by atoms with Crippen LogP contribution in [0.1, 0.15) is 22.5 Å². The SMILES string of the molecule is Fc1ccc(Cl)cc1C1=NCC=C1c1ccc2ncc(-c3n[nH]c4c3CCNC4)cc2n1. The van der Waals surface area contributed by atoms with Gasteiger partial charge in [0.25, 0.3) is 0 Å². The Balaban J connectivity index is 1.41. The predicted molar refractivity (Wildman–Crippen MR) is 123 cm³/mol. The summed E-state index contributed by atoms with van der Waals surface area (Å²) in [5, 5.41) is 11.5. The van der Waals surface area contributed by atoms with Gasteiger partial charge in [-0.1, -0.05) is 17.7 Å². The number of allylic oxidation sites excluding steroid dienone is 1. The number of nitrogens with zero attached hydrogens (tertiary/aromatic N) is 4. The van der Waals surface area contributed by atoms with Gasteiger partial charge in [-0.15, -0.1) is 0 Å². The Morgan fingerprint density at radius 2 is 2.00 bits per heavy atom. The van der Waals surface area contributed by atoms with Gasteiger partial charge in [0, 0.05) is 40.0 Å². The zero-order valence-electron chi connectivity index (χ0n) is 17.0. The Hall–Kier alpha value is -3.42. The molecule has 8 heteroatoms. The average Bonchev–Trinajstić information content (AvgIpc) is 3.47. The normalized spacial score (nSPS) is 15.6. The van der Waals surface area contributed by atoms with Gasteiger partial charge in [-0.25, -0.2) is 9.37 Å². The minimum absolute atomic E-state index is 0.358. The smallest absolute Gasteiger partial charge is 0.132 e. The number of aromatic amines is 1. The van der Waals surface area contributed by atoms with Crippen molar-refractivity contribution in [3.63, 3.8) is 0 Å². The number of aromatic nitrogens is 4. The maximum Gasteiger partial charge on any atom is 0.132 e. The number of hydrogen-bond donors (Lipinski definition) is 2. The van der Waals surface area contributed by atoms with Gasteiger partial charge in [-0.3, -0.25) is 15.1 Å². The summed E-state index contributed by atoms with van der Waals surface area (Å²) >= 11 is 6.11. The molecule has 4 aromatic rings. The van der Waals surface area contributed by atoms with Gasteiger partial charge in [-0.2, -0.15) is 5.10 Å². The molecular formula is C24H18ClFN6. The minimum atomic E-state index is -0.358. The number of halogens is 2. The third-order valence-corrected chi connectivity index (χ3v) is 6.11. The molecule has 6 rings (SSSR count). The van der Waals surface area contributed by atoms with Gasteiger partial charge in [-0.05, 0) is 49.4 Å². The highest BCUT2D eigenvalue weighted by molar-refractivity contribution is 6.35. The van der Waals surface area contributed by atoms with E-state index < -0.39 is 0 Å². The van der Waals surface area contributed by atoms with E-state index in [1.807, 2.05) is 30.5 Å². The predicted octanol–water partition coefficient (Wildman–Crippen LogP) is 4.34. The van der Waals surface area contributed by atoms with Crippen molar-refractivity contribution < 1.29 is 4.39 Å². The highest BCUT2D eigenvalue weighted by Gasteiger charge is 2.22. The summed E-state index contributed by atoms with van der Waals surface area (Å²) in [4.78, 5) is 13.9. The Bertz CT molecular complexity index is 1440. The number of rotatable bonds is 3. The molecule has 2 aliphatic heterocycles. The number of H-pyrrole nitrogens is 1. The molecule has 0 amide bonds. The standard InChI is InChI=1S/C24H18ClFN6/c25-14-1-2-18(26)17(10-14)24-15(6-8-28-24)19-3-4-20-21(30-19)9-13(11-29-20)23-16-5-7-27-12-22(16)31-32-23/h1-4,6,9-11,27H,5,7-8,12H2,(H,31,32). The lowest BCUT2D eigenvalue weighted by molar-refractivity contribution is 0.625. The minimum Gasteiger partial charge on any atom is -0.311 e. The lowest BCUT2D eigenvalue weighted by Gasteiger charge is -2.13. The van der Waals surface area contributed by atoms with Crippen LogP contribution in [0.15, 0.2) is 53.7 Å². The zero-order valence-corrected chi connectivity index (χ0v) is 17.7. The van der Waals surface area contributed by atoms with Gasteiger partial charge >= 0.3 is 0 Å². The Labute approximate surface area is 188 Å². The van der Waals surface area contributed by atoms with E-state index in [0.29, 0.717) is 22.8 Å². The van der Waals surface area contributed by atoms with Gasteiger partial charge in [0.1, 0.15) is 5.82 Å². The van der Waals surface area contributed by atoms with Crippen LogP contribution < -0.4 is 5.32 Å². The molecule has 0 saturated heterocycles. The van der Waals surface area contributed by atoms with Gasteiger partial charge in [0.15, 0.2) is 0 Å². The average molecular weight is 445 g/mol. The molecule has 5 heterocycles. The van der Waals surface area contributed by atoms with E-state index in [9.17, 15) is 4.39 Å². The first kappa shape index (κ1) is 19.3. The summed E-state index contributed by atoms with van der Waals surface area (Å²) in [6.45, 7) is 2.20. The first-order valence-electron chi connectivity index (χ1n) is 10.4. The molecule has 0 spiro atoms. The summed E-state index contributed by atoms with van der Waals surface area (Å²) < 4.78 is 14.5. The van der Waals surface area contributed by atoms with E-state index in [0.717, 1.165) is 58.8 Å². The van der Waals surface area contributed by atoms with Crippen molar-refractivity contribution in [3.05, 3.63) is 82.0 Å². The van der Waals surface area contributed by atoms with Gasteiger partial charge in [0.2, 0.25) is 0 Å². The molecule has 0 aliphatic carbocycles. The number of fused-ring (bicyclic) bond motifs is 2. The monoisotopic (exact) mass is 444 g/mol. The van der Waals surface area contributed by atoms with Crippen LogP contribution in [0.5, 0.6) is 0 Å². The number of aliphatic imine (C=N–C) groups is 1. The van der Waals surface area contributed by atoms with Crippen molar-refractivity contribution in [2.45, 2.75) is 13.0 Å². The quantitative estimate of drug-likeness (QED) is 0.492. The fraction of sp³-hybridized carbons (Fsp3) is 0.167. The summed E-state index contributed by atoms with van der Waals surface area (Å²) in [6, 6.07) is 10.3. The molecule has 3 aromatic heterocycles. The van der Waals surface area contributed by atoms with Crippen molar-refractivity contribution in [3.8, 4) is 11.3 Å². The number of pyridine rings is 2. The number of benzene rings is 1. The van der Waals surface area contributed by atoms with Crippen LogP contribution in [0.3, 0.4) is 0 Å². The van der Waals surface area contributed by atoms with Crippen molar-refractivity contribution in [1.29, 1.82) is 0 Å². The highest BCUT2D eigenvalue weighted by atomic mass is 35.5. The van der Waals surface area contributed by atoms with E-state index in [1.54, 1.807) is 6.07 Å². The first-order chi connectivity index (χ1) is 15.7. The number of nitrogens with one attached hydrogen (secondary N) is 2. The van der Waals surface area contributed by atoms with E-state index >= 15 is 0 Å². The molecule has 0 fully saturated rings. The molecule has 0 atom stereocenters. The largest absolute Gasteiger partial charge is 0.311 e. The second-order valence-corrected chi connectivity index (χ2v) is 8.28. The van der Waals surface area contributed by atoms with Gasteiger partial charge < -0.3 is 5.32 Å². The lowest BCUT2D eigenvalue weighted by atomic mass is 9.99. The molecule has 1 aromatic carbocycles. The second kappa shape index (κ2) is 7.62. The maximum atomic E-state index is 14.5. The second-order valence-electron chi connectivity index (χ2n) is 7.85. The Morgan fingerprint density at radius 3 is 2.94 bits per heavy atom. The lowest BCUT2D eigenvalue weighted by Crippen LogP contribution is -2.23. The maximum absolute atomic E-state index is 14.5. The summed E-state index contributed by atoms with van der Waals surface area (Å²) in [5.41, 5.74) is 8.20. The summed E-state index contributed by atoms with van der Waals surface area (Å²) in [7, 11) is 0. The van der Waals surface area contributed by atoms with E-state index in [-0.39, 0.29) is 5.82 Å². The van der Waals surface area contributed by atoms with Crippen LogP contribution >= 0.6 is 11.6 Å². The molecule has 0 saturated carbocycles. The third-order valence-electron chi connectivity index (χ3n) is 5.88. The van der Waals surface area contributed by atoms with Crippen LogP contribution in [-0.4, -0.2) is 39.0 Å². The van der Waals surface area contributed by atoms with Crippen LogP contribution in [0.2, 0.25) is 5.02 Å². The van der Waals surface area contributed by atoms with Crippen LogP contribution in [0.4, 0.5) is 4.39 Å². The molecule has 2 N–H and O–H groups in total. The molecule has 158 valence electrons. The van der Waals surface area contributed by atoms with E-state index in [1.165, 1.54) is 17.7 Å². The molecule has 2 aliphatic rings. The summed E-state index contributed by atoms with van der Waals surface area (Å²) in [5.74, 6) is -0.358. The van der Waals surface area contributed by atoms with E-state index in [4.69, 9.17) is 16.6 Å². The first-order valence-corrected chi connectivity index (χ1v) is 10.8. The van der Waals surface area contributed by atoms with Gasteiger partial charge in [0.05, 0.1) is 40.4 Å². The van der Waals surface area contributed by atoms with Crippen LogP contribution in [0, 0.1) is 5.82 Å². The third kappa shape index (κ3) is 3.21. The van der Waals surface area contributed by atoms with Crippen molar-refractivity contribution in [1.82, 2.24) is 25.5 Å². The van der Waals surface area contributed by atoms with Crippen molar-refractivity contribution in [2.75, 3.05) is 13.1 Å². The molecule has 0 bridgehead atoms. The fourth-order valence-electron chi connectivity index (χ4n) is 4.31. The molecule has 32 heavy (non-hydrogen) atoms. The topological polar surface area (TPSA) is 78.8 Å². The van der Waals surface area contributed by atoms with Crippen LogP contribution in [-0.2, 0) is 13.0 Å². The molecule has 0 unspecified atom stereocenters. The Kier molecular flexibility index (Phi) is 4.59. The molecule has 0 radical (unpaired) electrons. The molecular weight excluding hydrogens is 427 g/mol. The summed E-state index contributed by atoms with van der Waals surface area (Å²) in [6.07, 6.45) is 4.72. The highest BCUT2D eigenvalue weighted by Crippen LogP contribution is 2.30. The zero-order chi connectivity index (χ0) is 21.7. The molecule has 6 nitrogen and oxygen atoms in total. The van der Waals surface area contributed by atoms with E-state index in [2.05, 4.69) is 25.5 Å². The number of hydrogen-bond acceptors (Lipinski definition) is 5. The van der Waals surface area contributed by atoms with Crippen molar-refractivity contribution >= 4 is 33.9 Å². The Morgan fingerprint density at radius 1 is 1.06 bits per heavy atom.